The van der Waals surface area contributed by atoms with Crippen LogP contribution >= 0.6 is 12.2 Å². The highest BCUT2D eigenvalue weighted by Crippen LogP contribution is 2.24. The number of anilines is 1. The van der Waals surface area contributed by atoms with Gasteiger partial charge in [0, 0.05) is 5.56 Å². The maximum atomic E-state index is 12.1. The molecule has 2 aromatic rings. The highest BCUT2D eigenvalue weighted by molar-refractivity contribution is 7.71. The molecule has 0 atom stereocenters. The van der Waals surface area contributed by atoms with E-state index in [4.69, 9.17) is 12.2 Å². The summed E-state index contributed by atoms with van der Waals surface area (Å²) in [6.45, 7) is 5.43. The van der Waals surface area contributed by atoms with Gasteiger partial charge < -0.3 is 14.8 Å². The van der Waals surface area contributed by atoms with Crippen molar-refractivity contribution in [3.05, 3.63) is 40.5 Å². The molecule has 1 fully saturated rings. The molecule has 2 heterocycles. The summed E-state index contributed by atoms with van der Waals surface area (Å²) >= 11 is 5.41. The molecule has 1 aliphatic heterocycles. The molecule has 1 aromatic carbocycles. The number of nitrogens with zero attached hydrogens (tertiary/aromatic N) is 2. The van der Waals surface area contributed by atoms with Crippen molar-refractivity contribution in [1.29, 1.82) is 0 Å². The van der Waals surface area contributed by atoms with Crippen LogP contribution in [0.25, 0.3) is 11.4 Å². The largest absolute Gasteiger partial charge is 0.346 e. The lowest BCUT2D eigenvalue weighted by Gasteiger charge is -2.32. The highest BCUT2D eigenvalue weighted by Gasteiger charge is 2.23. The number of benzene rings is 1. The minimum Gasteiger partial charge on any atom is -0.346 e. The first-order chi connectivity index (χ1) is 11.1. The Morgan fingerprint density at radius 1 is 1.26 bits per heavy atom. The van der Waals surface area contributed by atoms with Crippen LogP contribution in [-0.4, -0.2) is 49.0 Å². The Labute approximate surface area is 141 Å². The Morgan fingerprint density at radius 3 is 2.52 bits per heavy atom. The fourth-order valence-corrected chi connectivity index (χ4v) is 3.19. The number of hydrogen-bond donors (Lipinski definition) is 2. The third-order valence-electron chi connectivity index (χ3n) is 4.23. The van der Waals surface area contributed by atoms with Crippen LogP contribution in [0.15, 0.2) is 30.3 Å². The number of nitrogens with one attached hydrogen (secondary N) is 2. The molecule has 0 bridgehead atoms. The molecule has 0 unspecified atom stereocenters. The number of likely N-dealkylation sites (N-methyl/N-ethyl adjacent to an activating group) is 1. The van der Waals surface area contributed by atoms with Gasteiger partial charge in [0.1, 0.15) is 16.3 Å². The number of Topliss-reactive ketones (excluding diaryl/α,β-unsaturated/α-hetero) is 1. The first-order valence-corrected chi connectivity index (χ1v) is 8.24. The van der Waals surface area contributed by atoms with Crippen LogP contribution in [-0.2, 0) is 0 Å². The molecule has 0 aliphatic carbocycles. The molecule has 2 N–H and O–H groups in total. The number of hydrogen-bond acceptors (Lipinski definition) is 4. The van der Waals surface area contributed by atoms with Gasteiger partial charge in [-0.1, -0.05) is 42.5 Å². The number of aromatic amines is 1. The van der Waals surface area contributed by atoms with Crippen molar-refractivity contribution in [2.75, 3.05) is 38.1 Å². The van der Waals surface area contributed by atoms with E-state index < -0.39 is 0 Å². The zero-order valence-electron chi connectivity index (χ0n) is 13.4. The smallest absolute Gasteiger partial charge is 0.166 e. The number of carbonyl (C=O) groups excluding carboxylic acids is 1. The van der Waals surface area contributed by atoms with E-state index in [0.717, 1.165) is 37.6 Å². The minimum atomic E-state index is -0.0420. The number of piperazine rings is 1. The SMILES string of the molecule is CC(=O)c1c(N2CC[NH+](C)CC2)[nH]c(-c2ccccc2)nc1=S. The zero-order chi connectivity index (χ0) is 16.4. The van der Waals surface area contributed by atoms with Crippen LogP contribution in [0.1, 0.15) is 17.3 Å². The van der Waals surface area contributed by atoms with E-state index in [2.05, 4.69) is 21.9 Å². The summed E-state index contributed by atoms with van der Waals surface area (Å²) in [6.07, 6.45) is 0. The first kappa shape index (κ1) is 15.8. The van der Waals surface area contributed by atoms with Crippen molar-refractivity contribution in [2.45, 2.75) is 6.92 Å². The van der Waals surface area contributed by atoms with Crippen LogP contribution in [0.2, 0.25) is 0 Å². The Balaban J connectivity index is 2.10. The summed E-state index contributed by atoms with van der Waals surface area (Å²) in [5, 5.41) is 0. The van der Waals surface area contributed by atoms with E-state index in [1.165, 1.54) is 4.90 Å². The topological polar surface area (TPSA) is 53.4 Å². The van der Waals surface area contributed by atoms with Gasteiger partial charge in [-0.25, -0.2) is 4.98 Å². The van der Waals surface area contributed by atoms with E-state index in [9.17, 15) is 4.79 Å². The molecular formula is C17H21N4OS+. The van der Waals surface area contributed by atoms with E-state index in [1.807, 2.05) is 30.3 Å². The Kier molecular flexibility index (Phi) is 4.54. The van der Waals surface area contributed by atoms with Crippen molar-refractivity contribution in [3.63, 3.8) is 0 Å². The lowest BCUT2D eigenvalue weighted by atomic mass is 10.1. The zero-order valence-corrected chi connectivity index (χ0v) is 14.2. The molecule has 0 spiro atoms. The van der Waals surface area contributed by atoms with E-state index in [1.54, 1.807) is 6.92 Å². The van der Waals surface area contributed by atoms with Crippen molar-refractivity contribution in [1.82, 2.24) is 9.97 Å². The van der Waals surface area contributed by atoms with Crippen LogP contribution in [0.3, 0.4) is 0 Å². The number of rotatable bonds is 3. The summed E-state index contributed by atoms with van der Waals surface area (Å²) in [5.74, 6) is 1.48. The number of H-pyrrole nitrogens is 1. The minimum absolute atomic E-state index is 0.0420. The normalized spacial score (nSPS) is 15.7. The van der Waals surface area contributed by atoms with Gasteiger partial charge in [0.2, 0.25) is 0 Å². The second-order valence-electron chi connectivity index (χ2n) is 5.98. The lowest BCUT2D eigenvalue weighted by molar-refractivity contribution is -0.880. The molecule has 3 rings (SSSR count). The average Bonchev–Trinajstić information content (AvgIpc) is 2.55. The first-order valence-electron chi connectivity index (χ1n) is 7.83. The van der Waals surface area contributed by atoms with Gasteiger partial charge in [0.15, 0.2) is 5.78 Å². The summed E-state index contributed by atoms with van der Waals surface area (Å²) in [7, 11) is 2.19. The van der Waals surface area contributed by atoms with Crippen LogP contribution in [0, 0.1) is 4.64 Å². The van der Waals surface area contributed by atoms with Crippen molar-refractivity contribution in [3.8, 4) is 11.4 Å². The maximum Gasteiger partial charge on any atom is 0.166 e. The monoisotopic (exact) mass is 329 g/mol. The van der Waals surface area contributed by atoms with Crippen molar-refractivity contribution in [2.24, 2.45) is 0 Å². The Morgan fingerprint density at radius 2 is 1.91 bits per heavy atom. The predicted octanol–water partition coefficient (Wildman–Crippen LogP) is 1.34. The number of aromatic nitrogens is 2. The molecule has 1 aromatic heterocycles. The summed E-state index contributed by atoms with van der Waals surface area (Å²) in [5.41, 5.74) is 1.49. The second-order valence-corrected chi connectivity index (χ2v) is 6.37. The van der Waals surface area contributed by atoms with Crippen molar-refractivity contribution < 1.29 is 9.69 Å². The summed E-state index contributed by atoms with van der Waals surface area (Å²) in [6, 6.07) is 9.86. The molecule has 1 aliphatic rings. The van der Waals surface area contributed by atoms with Gasteiger partial charge in [-0.05, 0) is 6.92 Å². The fourth-order valence-electron chi connectivity index (χ4n) is 2.86. The summed E-state index contributed by atoms with van der Waals surface area (Å²) < 4.78 is 0.372. The lowest BCUT2D eigenvalue weighted by Crippen LogP contribution is -3.12. The van der Waals surface area contributed by atoms with Gasteiger partial charge in [0.25, 0.3) is 0 Å². The van der Waals surface area contributed by atoms with Gasteiger partial charge in [-0.3, -0.25) is 4.79 Å². The number of ketones is 1. The summed E-state index contributed by atoms with van der Waals surface area (Å²) in [4.78, 5) is 23.6. The molecule has 0 saturated carbocycles. The molecule has 23 heavy (non-hydrogen) atoms. The second kappa shape index (κ2) is 6.60. The third-order valence-corrected chi connectivity index (χ3v) is 4.53. The predicted molar refractivity (Wildman–Crippen MR) is 93.7 cm³/mol. The van der Waals surface area contributed by atoms with Crippen LogP contribution < -0.4 is 9.80 Å². The highest BCUT2D eigenvalue weighted by atomic mass is 32.1. The van der Waals surface area contributed by atoms with E-state index in [-0.39, 0.29) is 5.78 Å². The average molecular weight is 329 g/mol. The molecule has 0 radical (unpaired) electrons. The number of carbonyl (C=O) groups is 1. The molecule has 1 saturated heterocycles. The quantitative estimate of drug-likeness (QED) is 0.659. The Bertz CT molecular complexity index is 764. The van der Waals surface area contributed by atoms with Crippen LogP contribution in [0.5, 0.6) is 0 Å². The van der Waals surface area contributed by atoms with E-state index in [0.29, 0.717) is 16.0 Å². The van der Waals surface area contributed by atoms with Crippen molar-refractivity contribution >= 4 is 23.8 Å². The molecule has 0 amide bonds. The molecule has 5 nitrogen and oxygen atoms in total. The maximum absolute atomic E-state index is 12.1. The van der Waals surface area contributed by atoms with Gasteiger partial charge >= 0.3 is 0 Å². The molecule has 6 heteroatoms. The molecule has 120 valence electrons. The van der Waals surface area contributed by atoms with Gasteiger partial charge in [-0.2, -0.15) is 0 Å². The fraction of sp³-hybridized carbons (Fsp3) is 0.353. The Hall–Kier alpha value is -2.05. The van der Waals surface area contributed by atoms with Gasteiger partial charge in [0.05, 0.1) is 38.8 Å². The molecular weight excluding hydrogens is 308 g/mol. The number of quaternary nitrogens is 1. The van der Waals surface area contributed by atoms with Gasteiger partial charge in [-0.15, -0.1) is 0 Å². The van der Waals surface area contributed by atoms with Crippen LogP contribution in [0.4, 0.5) is 5.82 Å². The standard InChI is InChI=1S/C17H20N4OS/c1-12(22)14-16(21-10-8-20(2)9-11-21)18-15(19-17(14)23)13-6-4-3-5-7-13/h3-7H,8-11H2,1-2H3,(H,18,19,23)/p+1. The third kappa shape index (κ3) is 3.33. The van der Waals surface area contributed by atoms with E-state index >= 15 is 0 Å².